The minimum atomic E-state index is -0.259. The van der Waals surface area contributed by atoms with Crippen LogP contribution in [-0.2, 0) is 9.53 Å². The maximum Gasteiger partial charge on any atom is 0.337 e. The van der Waals surface area contributed by atoms with E-state index in [9.17, 15) is 4.79 Å². The molecule has 2 heteroatoms. The molecular formula is C14H22O2. The zero-order valence-electron chi connectivity index (χ0n) is 10.6. The van der Waals surface area contributed by atoms with Crippen LogP contribution in [0.3, 0.4) is 0 Å². The molecule has 0 amide bonds. The summed E-state index contributed by atoms with van der Waals surface area (Å²) in [7, 11) is 0. The first-order chi connectivity index (χ1) is 7.57. The lowest BCUT2D eigenvalue weighted by Gasteiger charge is -2.17. The molecule has 0 atom stereocenters. The summed E-state index contributed by atoms with van der Waals surface area (Å²) in [6.07, 6.45) is 4.71. The normalized spacial score (nSPS) is 15.4. The first kappa shape index (κ1) is 13.0. The summed E-state index contributed by atoms with van der Waals surface area (Å²) in [6.45, 7) is 10.4. The Hall–Kier alpha value is -1.05. The summed E-state index contributed by atoms with van der Waals surface area (Å²) in [5, 5.41) is 0. The number of carbonyl (C=O) groups is 1. The van der Waals surface area contributed by atoms with Crippen molar-refractivity contribution >= 4 is 5.97 Å². The number of allylic oxidation sites excluding steroid dienone is 1. The second-order valence-electron chi connectivity index (χ2n) is 4.58. The number of hydrogen-bond donors (Lipinski definition) is 0. The van der Waals surface area contributed by atoms with Gasteiger partial charge in [0.15, 0.2) is 0 Å². The van der Waals surface area contributed by atoms with Gasteiger partial charge < -0.3 is 4.74 Å². The summed E-state index contributed by atoms with van der Waals surface area (Å²) in [5.41, 5.74) is 3.11. The van der Waals surface area contributed by atoms with E-state index in [1.807, 2.05) is 6.92 Å². The highest BCUT2D eigenvalue weighted by Crippen LogP contribution is 2.33. The van der Waals surface area contributed by atoms with Gasteiger partial charge in [-0.05, 0) is 44.1 Å². The van der Waals surface area contributed by atoms with Crippen LogP contribution in [0.4, 0.5) is 0 Å². The lowest BCUT2D eigenvalue weighted by atomic mass is 9.90. The highest BCUT2D eigenvalue weighted by atomic mass is 16.5. The SMILES string of the molecule is C=C(C(=O)OCC)C(=C1CCCC1)C(C)C. The monoisotopic (exact) mass is 222 g/mol. The van der Waals surface area contributed by atoms with Crippen LogP contribution in [0.25, 0.3) is 0 Å². The van der Waals surface area contributed by atoms with Gasteiger partial charge in [0, 0.05) is 0 Å². The number of hydrogen-bond acceptors (Lipinski definition) is 2. The fraction of sp³-hybridized carbons (Fsp3) is 0.643. The van der Waals surface area contributed by atoms with Crippen molar-refractivity contribution in [2.24, 2.45) is 5.92 Å². The Bertz CT molecular complexity index is 303. The van der Waals surface area contributed by atoms with Crippen LogP contribution in [0.5, 0.6) is 0 Å². The van der Waals surface area contributed by atoms with Gasteiger partial charge in [-0.3, -0.25) is 0 Å². The van der Waals surface area contributed by atoms with Gasteiger partial charge in [-0.25, -0.2) is 4.79 Å². The smallest absolute Gasteiger partial charge is 0.337 e. The molecule has 90 valence electrons. The minimum Gasteiger partial charge on any atom is -0.462 e. The molecule has 0 saturated heterocycles. The first-order valence-electron chi connectivity index (χ1n) is 6.16. The van der Waals surface area contributed by atoms with Crippen molar-refractivity contribution in [3.05, 3.63) is 23.3 Å². The Morgan fingerprint density at radius 2 is 1.94 bits per heavy atom. The van der Waals surface area contributed by atoms with Gasteiger partial charge in [0.25, 0.3) is 0 Å². The van der Waals surface area contributed by atoms with Crippen LogP contribution < -0.4 is 0 Å². The Balaban J connectivity index is 2.90. The van der Waals surface area contributed by atoms with Gasteiger partial charge in [-0.15, -0.1) is 0 Å². The van der Waals surface area contributed by atoms with Crippen molar-refractivity contribution in [1.29, 1.82) is 0 Å². The topological polar surface area (TPSA) is 26.3 Å². The molecule has 0 bridgehead atoms. The van der Waals surface area contributed by atoms with Crippen LogP contribution in [-0.4, -0.2) is 12.6 Å². The molecule has 0 N–H and O–H groups in total. The van der Waals surface area contributed by atoms with Gasteiger partial charge in [0.1, 0.15) is 0 Å². The average Bonchev–Trinajstić information content (AvgIpc) is 2.71. The Labute approximate surface area is 98.4 Å². The Morgan fingerprint density at radius 3 is 2.38 bits per heavy atom. The van der Waals surface area contributed by atoms with Crippen LogP contribution >= 0.6 is 0 Å². The van der Waals surface area contributed by atoms with E-state index in [2.05, 4.69) is 20.4 Å². The molecule has 16 heavy (non-hydrogen) atoms. The van der Waals surface area contributed by atoms with E-state index in [1.165, 1.54) is 18.4 Å². The fourth-order valence-electron chi connectivity index (χ4n) is 2.37. The van der Waals surface area contributed by atoms with Crippen molar-refractivity contribution in [2.45, 2.75) is 46.5 Å². The molecule has 0 aromatic heterocycles. The zero-order chi connectivity index (χ0) is 12.1. The van der Waals surface area contributed by atoms with Gasteiger partial charge in [0.05, 0.1) is 12.2 Å². The van der Waals surface area contributed by atoms with Gasteiger partial charge in [-0.2, -0.15) is 0 Å². The minimum absolute atomic E-state index is 0.259. The largest absolute Gasteiger partial charge is 0.462 e. The zero-order valence-corrected chi connectivity index (χ0v) is 10.6. The predicted molar refractivity (Wildman–Crippen MR) is 66.1 cm³/mol. The molecular weight excluding hydrogens is 200 g/mol. The standard InChI is InChI=1S/C14H22O2/c1-5-16-14(15)11(4)13(10(2)3)12-8-6-7-9-12/h10H,4-9H2,1-3H3. The molecule has 1 rings (SSSR count). The van der Waals surface area contributed by atoms with E-state index >= 15 is 0 Å². The van der Waals surface area contributed by atoms with E-state index in [0.717, 1.165) is 18.4 Å². The summed E-state index contributed by atoms with van der Waals surface area (Å²) in [4.78, 5) is 11.7. The highest BCUT2D eigenvalue weighted by Gasteiger charge is 2.21. The molecule has 1 aliphatic carbocycles. The van der Waals surface area contributed by atoms with Crippen molar-refractivity contribution in [3.63, 3.8) is 0 Å². The summed E-state index contributed by atoms with van der Waals surface area (Å²) < 4.78 is 5.02. The molecule has 0 spiro atoms. The second kappa shape index (κ2) is 5.88. The van der Waals surface area contributed by atoms with Gasteiger partial charge in [-0.1, -0.05) is 26.0 Å². The number of esters is 1. The van der Waals surface area contributed by atoms with Crippen molar-refractivity contribution < 1.29 is 9.53 Å². The lowest BCUT2D eigenvalue weighted by molar-refractivity contribution is -0.138. The van der Waals surface area contributed by atoms with E-state index in [-0.39, 0.29) is 5.97 Å². The van der Waals surface area contributed by atoms with Gasteiger partial charge in [0.2, 0.25) is 0 Å². The molecule has 0 heterocycles. The lowest BCUT2D eigenvalue weighted by Crippen LogP contribution is -2.13. The van der Waals surface area contributed by atoms with E-state index in [4.69, 9.17) is 4.74 Å². The summed E-state index contributed by atoms with van der Waals surface area (Å²) >= 11 is 0. The quantitative estimate of drug-likeness (QED) is 0.536. The Morgan fingerprint density at radius 1 is 1.38 bits per heavy atom. The molecule has 1 fully saturated rings. The second-order valence-corrected chi connectivity index (χ2v) is 4.58. The fourth-order valence-corrected chi connectivity index (χ4v) is 2.37. The number of carbonyl (C=O) groups excluding carboxylic acids is 1. The van der Waals surface area contributed by atoms with Crippen LogP contribution in [0, 0.1) is 5.92 Å². The molecule has 0 aromatic carbocycles. The molecule has 2 nitrogen and oxygen atoms in total. The maximum absolute atomic E-state index is 11.7. The third kappa shape index (κ3) is 2.97. The first-order valence-corrected chi connectivity index (χ1v) is 6.16. The summed E-state index contributed by atoms with van der Waals surface area (Å²) in [6, 6.07) is 0. The molecule has 1 aliphatic rings. The molecule has 0 unspecified atom stereocenters. The molecule has 0 aliphatic heterocycles. The third-order valence-corrected chi connectivity index (χ3v) is 3.01. The average molecular weight is 222 g/mol. The Kier molecular flexibility index (Phi) is 4.78. The van der Waals surface area contributed by atoms with Gasteiger partial charge >= 0.3 is 5.97 Å². The molecule has 0 radical (unpaired) electrons. The number of rotatable bonds is 4. The van der Waals surface area contributed by atoms with E-state index < -0.39 is 0 Å². The van der Waals surface area contributed by atoms with Crippen molar-refractivity contribution in [3.8, 4) is 0 Å². The number of ether oxygens (including phenoxy) is 1. The third-order valence-electron chi connectivity index (χ3n) is 3.01. The van der Waals surface area contributed by atoms with Crippen LogP contribution in [0.1, 0.15) is 46.5 Å². The maximum atomic E-state index is 11.7. The van der Waals surface area contributed by atoms with Crippen molar-refractivity contribution in [2.75, 3.05) is 6.61 Å². The highest BCUT2D eigenvalue weighted by molar-refractivity contribution is 5.93. The molecule has 1 saturated carbocycles. The van der Waals surface area contributed by atoms with Crippen molar-refractivity contribution in [1.82, 2.24) is 0 Å². The van der Waals surface area contributed by atoms with E-state index in [1.54, 1.807) is 0 Å². The van der Waals surface area contributed by atoms with Crippen LogP contribution in [0.15, 0.2) is 23.3 Å². The van der Waals surface area contributed by atoms with Crippen LogP contribution in [0.2, 0.25) is 0 Å². The summed E-state index contributed by atoms with van der Waals surface area (Å²) in [5.74, 6) is 0.0932. The van der Waals surface area contributed by atoms with E-state index in [0.29, 0.717) is 18.1 Å². The molecule has 0 aromatic rings. The predicted octanol–water partition coefficient (Wildman–Crippen LogP) is 3.63.